The molecule has 1 aromatic rings. The van der Waals surface area contributed by atoms with E-state index in [-0.39, 0.29) is 5.75 Å². The van der Waals surface area contributed by atoms with Crippen LogP contribution in [0, 0.1) is 0 Å². The van der Waals surface area contributed by atoms with Crippen molar-refractivity contribution < 1.29 is 14.9 Å². The van der Waals surface area contributed by atoms with Crippen molar-refractivity contribution in [1.29, 1.82) is 0 Å². The maximum atomic E-state index is 10.1. The van der Waals surface area contributed by atoms with Crippen LogP contribution in [0.3, 0.4) is 0 Å². The summed E-state index contributed by atoms with van der Waals surface area (Å²) in [7, 11) is 1.49. The number of methoxy groups -OCH3 is 1. The van der Waals surface area contributed by atoms with E-state index in [2.05, 4.69) is 21.2 Å². The Morgan fingerprint density at radius 2 is 2.13 bits per heavy atom. The number of hydrogen-bond acceptors (Lipinski definition) is 4. The average molecular weight is 274 g/mol. The summed E-state index contributed by atoms with van der Waals surface area (Å²) in [5.74, 6) is 0.428. The van der Waals surface area contributed by atoms with E-state index in [0.717, 1.165) is 4.47 Å². The van der Waals surface area contributed by atoms with Gasteiger partial charge in [-0.25, -0.2) is 0 Å². The molecule has 82 valence electrons. The van der Waals surface area contributed by atoms with Crippen LogP contribution in [0.1, 0.15) is 5.56 Å². The Balaban J connectivity index is 2.45. The van der Waals surface area contributed by atoms with Gasteiger partial charge in [-0.1, -0.05) is 15.9 Å². The summed E-state index contributed by atoms with van der Waals surface area (Å²) in [5.41, 5.74) is -0.206. The molecule has 1 saturated heterocycles. The van der Waals surface area contributed by atoms with E-state index in [0.29, 0.717) is 24.4 Å². The van der Waals surface area contributed by atoms with Crippen molar-refractivity contribution in [1.82, 2.24) is 5.32 Å². The van der Waals surface area contributed by atoms with Gasteiger partial charge in [0.1, 0.15) is 5.60 Å². The first-order chi connectivity index (χ1) is 7.07. The van der Waals surface area contributed by atoms with Gasteiger partial charge in [-0.15, -0.1) is 0 Å². The van der Waals surface area contributed by atoms with E-state index < -0.39 is 5.60 Å². The van der Waals surface area contributed by atoms with E-state index in [1.807, 2.05) is 0 Å². The number of aliphatic hydroxyl groups is 1. The summed E-state index contributed by atoms with van der Waals surface area (Å²) < 4.78 is 5.71. The first-order valence-electron chi connectivity index (χ1n) is 4.57. The molecular formula is C10H12BrNO3. The van der Waals surface area contributed by atoms with Crippen LogP contribution >= 0.6 is 15.9 Å². The van der Waals surface area contributed by atoms with Crippen LogP contribution in [0.25, 0.3) is 0 Å². The van der Waals surface area contributed by atoms with Gasteiger partial charge in [0.05, 0.1) is 7.11 Å². The zero-order valence-corrected chi connectivity index (χ0v) is 9.84. The molecular weight excluding hydrogens is 262 g/mol. The maximum absolute atomic E-state index is 10.1. The number of hydrogen-bond donors (Lipinski definition) is 3. The van der Waals surface area contributed by atoms with Crippen LogP contribution in [0.5, 0.6) is 11.5 Å². The lowest BCUT2D eigenvalue weighted by Crippen LogP contribution is -2.56. The fourth-order valence-corrected chi connectivity index (χ4v) is 2.31. The third kappa shape index (κ3) is 1.71. The Hall–Kier alpha value is -0.780. The highest BCUT2D eigenvalue weighted by Gasteiger charge is 2.38. The first kappa shape index (κ1) is 10.7. The van der Waals surface area contributed by atoms with Crippen molar-refractivity contribution >= 4 is 15.9 Å². The zero-order chi connectivity index (χ0) is 11.1. The molecule has 0 atom stereocenters. The molecule has 0 saturated carbocycles. The Bertz CT molecular complexity index is 390. The van der Waals surface area contributed by atoms with E-state index >= 15 is 0 Å². The highest BCUT2D eigenvalue weighted by molar-refractivity contribution is 9.10. The number of β-amino-alcohol motifs (C(OH)–C–C–N with tert-alkyl or cyclic N) is 1. The van der Waals surface area contributed by atoms with Gasteiger partial charge in [-0.3, -0.25) is 0 Å². The van der Waals surface area contributed by atoms with Gasteiger partial charge in [0.25, 0.3) is 0 Å². The van der Waals surface area contributed by atoms with E-state index in [1.165, 1.54) is 13.2 Å². The molecule has 1 aromatic carbocycles. The van der Waals surface area contributed by atoms with E-state index in [9.17, 15) is 10.2 Å². The van der Waals surface area contributed by atoms with E-state index in [1.54, 1.807) is 6.07 Å². The number of phenolic OH excluding ortho intramolecular Hbond substituents is 1. The minimum Gasteiger partial charge on any atom is -0.504 e. The smallest absolute Gasteiger partial charge is 0.161 e. The van der Waals surface area contributed by atoms with Crippen molar-refractivity contribution in [3.05, 3.63) is 22.2 Å². The second-order valence-electron chi connectivity index (χ2n) is 3.64. The molecule has 1 heterocycles. The van der Waals surface area contributed by atoms with E-state index in [4.69, 9.17) is 4.74 Å². The molecule has 1 aliphatic rings. The summed E-state index contributed by atoms with van der Waals surface area (Å²) in [6.45, 7) is 0.995. The average Bonchev–Trinajstić information content (AvgIpc) is 2.17. The standard InChI is InChI=1S/C10H12BrNO3/c1-15-9-3-7(11)6(2-8(9)13)10(14)4-12-5-10/h2-3,12-14H,4-5H2,1H3. The highest BCUT2D eigenvalue weighted by atomic mass is 79.9. The van der Waals surface area contributed by atoms with Gasteiger partial charge in [0, 0.05) is 23.1 Å². The third-order valence-electron chi connectivity index (χ3n) is 2.60. The lowest BCUT2D eigenvalue weighted by molar-refractivity contribution is -0.0155. The van der Waals surface area contributed by atoms with Crippen molar-refractivity contribution in [2.45, 2.75) is 5.60 Å². The van der Waals surface area contributed by atoms with Crippen LogP contribution in [0.4, 0.5) is 0 Å². The molecule has 3 N–H and O–H groups in total. The molecule has 0 bridgehead atoms. The van der Waals surface area contributed by atoms with Gasteiger partial charge in [0.2, 0.25) is 0 Å². The van der Waals surface area contributed by atoms with Gasteiger partial charge < -0.3 is 20.3 Å². The summed E-state index contributed by atoms with van der Waals surface area (Å²) in [4.78, 5) is 0. The molecule has 1 fully saturated rings. The largest absolute Gasteiger partial charge is 0.504 e. The third-order valence-corrected chi connectivity index (χ3v) is 3.26. The van der Waals surface area contributed by atoms with Gasteiger partial charge in [0.15, 0.2) is 11.5 Å². The molecule has 0 spiro atoms. The zero-order valence-electron chi connectivity index (χ0n) is 8.25. The number of aromatic hydroxyl groups is 1. The lowest BCUT2D eigenvalue weighted by atomic mass is 9.88. The van der Waals surface area contributed by atoms with Crippen LogP contribution in [-0.2, 0) is 5.60 Å². The number of halogens is 1. The Morgan fingerprint density at radius 3 is 2.60 bits per heavy atom. The number of rotatable bonds is 2. The molecule has 2 rings (SSSR count). The molecule has 0 radical (unpaired) electrons. The molecule has 5 heteroatoms. The van der Waals surface area contributed by atoms with Gasteiger partial charge >= 0.3 is 0 Å². The molecule has 4 nitrogen and oxygen atoms in total. The Kier molecular flexibility index (Phi) is 2.62. The number of nitrogens with one attached hydrogen (secondary N) is 1. The monoisotopic (exact) mass is 273 g/mol. The number of ether oxygens (including phenoxy) is 1. The fourth-order valence-electron chi connectivity index (χ4n) is 1.62. The molecule has 0 unspecified atom stereocenters. The van der Waals surface area contributed by atoms with Gasteiger partial charge in [-0.2, -0.15) is 0 Å². The number of phenols is 1. The highest BCUT2D eigenvalue weighted by Crippen LogP contribution is 2.38. The predicted octanol–water partition coefficient (Wildman–Crippen LogP) is 0.954. The Morgan fingerprint density at radius 1 is 1.47 bits per heavy atom. The molecule has 15 heavy (non-hydrogen) atoms. The van der Waals surface area contributed by atoms with Gasteiger partial charge in [-0.05, 0) is 12.1 Å². The summed E-state index contributed by atoms with van der Waals surface area (Å²) in [6, 6.07) is 3.19. The van der Waals surface area contributed by atoms with Crippen molar-refractivity contribution in [2.75, 3.05) is 20.2 Å². The lowest BCUT2D eigenvalue weighted by Gasteiger charge is -2.38. The second-order valence-corrected chi connectivity index (χ2v) is 4.49. The van der Waals surface area contributed by atoms with Crippen LogP contribution in [-0.4, -0.2) is 30.4 Å². The molecule has 0 amide bonds. The quantitative estimate of drug-likeness (QED) is 0.751. The predicted molar refractivity (Wildman–Crippen MR) is 59.1 cm³/mol. The van der Waals surface area contributed by atoms with Crippen molar-refractivity contribution in [3.8, 4) is 11.5 Å². The minimum absolute atomic E-state index is 0.0380. The fraction of sp³-hybridized carbons (Fsp3) is 0.400. The molecule has 1 aliphatic heterocycles. The first-order valence-corrected chi connectivity index (χ1v) is 5.36. The summed E-state index contributed by atoms with van der Waals surface area (Å²) >= 11 is 3.35. The van der Waals surface area contributed by atoms with Crippen molar-refractivity contribution in [3.63, 3.8) is 0 Å². The molecule has 0 aromatic heterocycles. The number of benzene rings is 1. The second kappa shape index (κ2) is 3.66. The van der Waals surface area contributed by atoms with Crippen LogP contribution in [0.2, 0.25) is 0 Å². The van der Waals surface area contributed by atoms with Crippen LogP contribution < -0.4 is 10.1 Å². The van der Waals surface area contributed by atoms with Crippen molar-refractivity contribution in [2.24, 2.45) is 0 Å². The SMILES string of the molecule is COc1cc(Br)c(C2(O)CNC2)cc1O. The van der Waals surface area contributed by atoms with Crippen LogP contribution in [0.15, 0.2) is 16.6 Å². The summed E-state index contributed by atoms with van der Waals surface area (Å²) in [6.07, 6.45) is 0. The minimum atomic E-state index is -0.886. The normalized spacial score (nSPS) is 18.3. The Labute approximate surface area is 96.0 Å². The maximum Gasteiger partial charge on any atom is 0.161 e. The molecule has 0 aliphatic carbocycles. The summed E-state index contributed by atoms with van der Waals surface area (Å²) in [5, 5.41) is 22.7. The topological polar surface area (TPSA) is 61.7 Å².